The van der Waals surface area contributed by atoms with Crippen LogP contribution in [-0.4, -0.2) is 16.2 Å². The molecule has 2 heterocycles. The Bertz CT molecular complexity index is 472. The molecule has 2 rings (SSSR count). The van der Waals surface area contributed by atoms with E-state index in [9.17, 15) is 0 Å². The number of rotatable bonds is 5. The zero-order chi connectivity index (χ0) is 12.3. The zero-order valence-corrected chi connectivity index (χ0v) is 10.2. The molecule has 0 saturated heterocycles. The van der Waals surface area contributed by atoms with Crippen molar-refractivity contribution < 1.29 is 4.42 Å². The largest absolute Gasteiger partial charge is 0.464 e. The fourth-order valence-electron chi connectivity index (χ4n) is 1.64. The van der Waals surface area contributed by atoms with Gasteiger partial charge in [-0.1, -0.05) is 0 Å². The first-order chi connectivity index (χ1) is 8.17. The normalized spacial score (nSPS) is 11.1. The van der Waals surface area contributed by atoms with Gasteiger partial charge < -0.3 is 15.5 Å². The van der Waals surface area contributed by atoms with Crippen LogP contribution in [0.5, 0.6) is 0 Å². The molecule has 0 atom stereocenters. The lowest BCUT2D eigenvalue weighted by Gasteiger charge is -2.04. The second-order valence-electron chi connectivity index (χ2n) is 4.33. The summed E-state index contributed by atoms with van der Waals surface area (Å²) in [5.41, 5.74) is 6.51. The Morgan fingerprint density at radius 2 is 2.18 bits per heavy atom. The van der Waals surface area contributed by atoms with Crippen LogP contribution in [0.15, 0.2) is 22.6 Å². The summed E-state index contributed by atoms with van der Waals surface area (Å²) < 4.78 is 5.53. The Morgan fingerprint density at radius 3 is 2.82 bits per heavy atom. The Hall–Kier alpha value is -1.75. The van der Waals surface area contributed by atoms with Gasteiger partial charge in [-0.05, 0) is 26.0 Å². The van der Waals surface area contributed by atoms with E-state index in [4.69, 9.17) is 10.2 Å². The molecule has 0 aliphatic carbocycles. The first-order valence-corrected chi connectivity index (χ1v) is 5.76. The van der Waals surface area contributed by atoms with Crippen molar-refractivity contribution in [2.24, 2.45) is 5.73 Å². The minimum absolute atomic E-state index is 0.374. The SMILES string of the molecule is CC(C)Nc1cc(Cc2ccc(CN)o2)[nH]n1. The van der Waals surface area contributed by atoms with E-state index < -0.39 is 0 Å². The number of aromatic nitrogens is 2. The van der Waals surface area contributed by atoms with Gasteiger partial charge >= 0.3 is 0 Å². The average molecular weight is 234 g/mol. The molecular formula is C12H18N4O. The molecule has 0 saturated carbocycles. The van der Waals surface area contributed by atoms with E-state index in [1.807, 2.05) is 18.2 Å². The third kappa shape index (κ3) is 3.10. The summed E-state index contributed by atoms with van der Waals surface area (Å²) in [7, 11) is 0. The van der Waals surface area contributed by atoms with Gasteiger partial charge in [0.05, 0.1) is 6.54 Å². The number of nitrogens with two attached hydrogens (primary N) is 1. The predicted octanol–water partition coefficient (Wildman–Crippen LogP) is 1.87. The summed E-state index contributed by atoms with van der Waals surface area (Å²) in [5, 5.41) is 10.4. The van der Waals surface area contributed by atoms with Crippen molar-refractivity contribution >= 4 is 5.82 Å². The van der Waals surface area contributed by atoms with E-state index in [1.54, 1.807) is 0 Å². The van der Waals surface area contributed by atoms with Crippen molar-refractivity contribution in [3.8, 4) is 0 Å². The summed E-state index contributed by atoms with van der Waals surface area (Å²) in [6.45, 7) is 4.59. The van der Waals surface area contributed by atoms with Crippen molar-refractivity contribution in [3.63, 3.8) is 0 Å². The average Bonchev–Trinajstić information content (AvgIpc) is 2.88. The van der Waals surface area contributed by atoms with Crippen LogP contribution in [0.3, 0.4) is 0 Å². The highest BCUT2D eigenvalue weighted by Crippen LogP contribution is 2.14. The Kier molecular flexibility index (Phi) is 3.49. The lowest BCUT2D eigenvalue weighted by atomic mass is 10.2. The second kappa shape index (κ2) is 5.05. The highest BCUT2D eigenvalue weighted by atomic mass is 16.3. The van der Waals surface area contributed by atoms with E-state index in [0.29, 0.717) is 19.0 Å². The fraction of sp³-hybridized carbons (Fsp3) is 0.417. The van der Waals surface area contributed by atoms with E-state index in [2.05, 4.69) is 29.4 Å². The van der Waals surface area contributed by atoms with E-state index in [-0.39, 0.29) is 0 Å². The molecule has 0 unspecified atom stereocenters. The fourth-order valence-corrected chi connectivity index (χ4v) is 1.64. The summed E-state index contributed by atoms with van der Waals surface area (Å²) in [6, 6.07) is 6.21. The van der Waals surface area contributed by atoms with Crippen LogP contribution >= 0.6 is 0 Å². The van der Waals surface area contributed by atoms with Crippen molar-refractivity contribution in [1.29, 1.82) is 0 Å². The van der Waals surface area contributed by atoms with Crippen LogP contribution in [0.4, 0.5) is 5.82 Å². The molecule has 0 spiro atoms. The molecular weight excluding hydrogens is 216 g/mol. The molecule has 0 aliphatic rings. The molecule has 5 heteroatoms. The molecule has 0 radical (unpaired) electrons. The molecule has 2 aromatic rings. The Balaban J connectivity index is 2.01. The van der Waals surface area contributed by atoms with Crippen LogP contribution in [0.25, 0.3) is 0 Å². The van der Waals surface area contributed by atoms with Crippen LogP contribution in [0.1, 0.15) is 31.1 Å². The number of anilines is 1. The molecule has 0 aromatic carbocycles. The molecule has 17 heavy (non-hydrogen) atoms. The summed E-state index contributed by atoms with van der Waals surface area (Å²) in [6.07, 6.45) is 0.701. The first kappa shape index (κ1) is 11.7. The molecule has 0 amide bonds. The van der Waals surface area contributed by atoms with Gasteiger partial charge in [0.25, 0.3) is 0 Å². The first-order valence-electron chi connectivity index (χ1n) is 5.76. The van der Waals surface area contributed by atoms with Crippen molar-refractivity contribution in [2.75, 3.05) is 5.32 Å². The number of nitrogens with one attached hydrogen (secondary N) is 2. The van der Waals surface area contributed by atoms with Crippen LogP contribution < -0.4 is 11.1 Å². The molecule has 2 aromatic heterocycles. The maximum absolute atomic E-state index is 5.53. The lowest BCUT2D eigenvalue weighted by molar-refractivity contribution is 0.474. The van der Waals surface area contributed by atoms with E-state index in [1.165, 1.54) is 0 Å². The summed E-state index contributed by atoms with van der Waals surface area (Å²) >= 11 is 0. The number of furan rings is 1. The van der Waals surface area contributed by atoms with Gasteiger partial charge in [-0.2, -0.15) is 5.10 Å². The van der Waals surface area contributed by atoms with Gasteiger partial charge in [-0.15, -0.1) is 0 Å². The van der Waals surface area contributed by atoms with Gasteiger partial charge in [0.1, 0.15) is 17.3 Å². The maximum atomic E-state index is 5.53. The van der Waals surface area contributed by atoms with E-state index >= 15 is 0 Å². The Labute approximate surface area is 100 Å². The van der Waals surface area contributed by atoms with Gasteiger partial charge in [0.15, 0.2) is 0 Å². The molecule has 5 nitrogen and oxygen atoms in total. The number of H-pyrrole nitrogens is 1. The number of hydrogen-bond donors (Lipinski definition) is 3. The minimum atomic E-state index is 0.374. The lowest BCUT2D eigenvalue weighted by Crippen LogP contribution is -2.09. The van der Waals surface area contributed by atoms with Crippen molar-refractivity contribution in [2.45, 2.75) is 32.9 Å². The monoisotopic (exact) mass is 234 g/mol. The zero-order valence-electron chi connectivity index (χ0n) is 10.2. The highest BCUT2D eigenvalue weighted by molar-refractivity contribution is 5.36. The van der Waals surface area contributed by atoms with Gasteiger partial charge in [-0.25, -0.2) is 0 Å². The minimum Gasteiger partial charge on any atom is -0.464 e. The van der Waals surface area contributed by atoms with Crippen LogP contribution in [0, 0.1) is 0 Å². The molecule has 0 aliphatic heterocycles. The van der Waals surface area contributed by atoms with Crippen LogP contribution in [0.2, 0.25) is 0 Å². The summed E-state index contributed by atoms with van der Waals surface area (Å²) in [4.78, 5) is 0. The van der Waals surface area contributed by atoms with Crippen molar-refractivity contribution in [3.05, 3.63) is 35.4 Å². The topological polar surface area (TPSA) is 79.9 Å². The number of nitrogens with zero attached hydrogens (tertiary/aromatic N) is 1. The highest BCUT2D eigenvalue weighted by Gasteiger charge is 2.06. The smallest absolute Gasteiger partial charge is 0.148 e. The third-order valence-corrected chi connectivity index (χ3v) is 2.35. The summed E-state index contributed by atoms with van der Waals surface area (Å²) in [5.74, 6) is 2.56. The molecule has 92 valence electrons. The van der Waals surface area contributed by atoms with Crippen molar-refractivity contribution in [1.82, 2.24) is 10.2 Å². The predicted molar refractivity (Wildman–Crippen MR) is 66.8 cm³/mol. The molecule has 4 N–H and O–H groups in total. The third-order valence-electron chi connectivity index (χ3n) is 2.35. The van der Waals surface area contributed by atoms with Gasteiger partial charge in [0, 0.05) is 24.2 Å². The van der Waals surface area contributed by atoms with Crippen LogP contribution in [-0.2, 0) is 13.0 Å². The molecule has 0 fully saturated rings. The number of aromatic amines is 1. The van der Waals surface area contributed by atoms with Gasteiger partial charge in [0.2, 0.25) is 0 Å². The molecule has 0 bridgehead atoms. The van der Waals surface area contributed by atoms with Gasteiger partial charge in [-0.3, -0.25) is 5.10 Å². The standard InChI is InChI=1S/C12H18N4O/c1-8(2)14-12-6-9(15-16-12)5-10-3-4-11(7-13)17-10/h3-4,6,8H,5,7,13H2,1-2H3,(H2,14,15,16). The number of hydrogen-bond acceptors (Lipinski definition) is 4. The van der Waals surface area contributed by atoms with E-state index in [0.717, 1.165) is 23.0 Å². The Morgan fingerprint density at radius 1 is 1.41 bits per heavy atom. The second-order valence-corrected chi connectivity index (χ2v) is 4.33. The maximum Gasteiger partial charge on any atom is 0.148 e. The quantitative estimate of drug-likeness (QED) is 0.738.